The van der Waals surface area contributed by atoms with Crippen LogP contribution in [0.4, 0.5) is 0 Å². The fourth-order valence-corrected chi connectivity index (χ4v) is 0.118. The van der Waals surface area contributed by atoms with Gasteiger partial charge in [0.05, 0.1) is 6.61 Å². The second-order valence-electron chi connectivity index (χ2n) is 1.85. The molecule has 1 amide bonds. The molecule has 0 aliphatic carbocycles. The summed E-state index contributed by atoms with van der Waals surface area (Å²) in [5.41, 5.74) is 5.01. The lowest BCUT2D eigenvalue weighted by atomic mass is 10.7. The average molecular weight is 148 g/mol. The van der Waals surface area contributed by atoms with E-state index in [4.69, 9.17) is 5.73 Å². The summed E-state index contributed by atoms with van der Waals surface area (Å²) in [6, 6.07) is 0. The highest BCUT2D eigenvalue weighted by molar-refractivity contribution is 5.45. The van der Waals surface area contributed by atoms with Gasteiger partial charge < -0.3 is 15.4 Å². The summed E-state index contributed by atoms with van der Waals surface area (Å²) in [7, 11) is 5.01. The normalized spacial score (nSPS) is 7.60. The Kier molecular flexibility index (Phi) is 13.6. The number of methoxy groups -OCH3 is 1. The lowest BCUT2D eigenvalue weighted by Gasteiger charge is -1.93. The Bertz CT molecular complexity index is 64.8. The van der Waals surface area contributed by atoms with Crippen LogP contribution >= 0.6 is 0 Å². The number of rotatable bonds is 3. The van der Waals surface area contributed by atoms with Gasteiger partial charge in [-0.15, -0.1) is 0 Å². The quantitative estimate of drug-likeness (QED) is 0.538. The van der Waals surface area contributed by atoms with Gasteiger partial charge in [0.15, 0.2) is 0 Å². The molecule has 0 rings (SSSR count). The van der Waals surface area contributed by atoms with Gasteiger partial charge in [-0.25, -0.2) is 0 Å². The van der Waals surface area contributed by atoms with E-state index < -0.39 is 0 Å². The highest BCUT2D eigenvalue weighted by Crippen LogP contribution is 1.53. The first-order chi connectivity index (χ1) is 4.68. The molecule has 0 aromatic heterocycles. The number of nitrogens with two attached hydrogens (primary N) is 1. The van der Waals surface area contributed by atoms with Crippen molar-refractivity contribution in [2.75, 3.05) is 34.4 Å². The molecule has 0 saturated heterocycles. The van der Waals surface area contributed by atoms with Crippen LogP contribution < -0.4 is 5.73 Å². The van der Waals surface area contributed by atoms with Crippen molar-refractivity contribution >= 4 is 6.41 Å². The molecule has 0 saturated carbocycles. The topological polar surface area (TPSA) is 55.6 Å². The van der Waals surface area contributed by atoms with E-state index >= 15 is 0 Å². The van der Waals surface area contributed by atoms with E-state index in [0.717, 1.165) is 6.41 Å². The van der Waals surface area contributed by atoms with E-state index in [1.54, 1.807) is 21.2 Å². The van der Waals surface area contributed by atoms with E-state index in [1.165, 1.54) is 4.90 Å². The Morgan fingerprint density at radius 3 is 2.00 bits per heavy atom. The molecule has 0 aromatic carbocycles. The smallest absolute Gasteiger partial charge is 0.209 e. The first kappa shape index (κ1) is 12.1. The summed E-state index contributed by atoms with van der Waals surface area (Å²) in [6.45, 7) is 1.29. The maximum atomic E-state index is 9.43. The lowest BCUT2D eigenvalue weighted by molar-refractivity contribution is -0.115. The van der Waals surface area contributed by atoms with Gasteiger partial charge in [-0.05, 0) is 0 Å². The first-order valence-electron chi connectivity index (χ1n) is 2.99. The standard InChI is InChI=1S/C3H7NO.C3H9NO/c1-4(2)3-5;1-5-3-2-4/h3H,1-2H3;2-4H2,1H3. The third-order valence-electron chi connectivity index (χ3n) is 0.533. The summed E-state index contributed by atoms with van der Waals surface area (Å²) in [5, 5.41) is 0. The average Bonchev–Trinajstić information content (AvgIpc) is 1.91. The molecule has 0 atom stereocenters. The first-order valence-corrected chi connectivity index (χ1v) is 2.99. The van der Waals surface area contributed by atoms with Crippen LogP contribution in [0.2, 0.25) is 0 Å². The highest BCUT2D eigenvalue weighted by Gasteiger charge is 1.68. The van der Waals surface area contributed by atoms with Crippen LogP contribution in [0.3, 0.4) is 0 Å². The van der Waals surface area contributed by atoms with Crippen LogP contribution in [0.1, 0.15) is 0 Å². The van der Waals surface area contributed by atoms with E-state index in [1.807, 2.05) is 0 Å². The molecule has 10 heavy (non-hydrogen) atoms. The minimum atomic E-state index is 0.622. The largest absolute Gasteiger partial charge is 0.383 e. The third kappa shape index (κ3) is 26.3. The van der Waals surface area contributed by atoms with Crippen molar-refractivity contribution in [3.05, 3.63) is 0 Å². The predicted octanol–water partition coefficient (Wildman–Crippen LogP) is -0.704. The molecule has 4 nitrogen and oxygen atoms in total. The second kappa shape index (κ2) is 11.2. The monoisotopic (exact) mass is 148 g/mol. The predicted molar refractivity (Wildman–Crippen MR) is 40.7 cm³/mol. The molecule has 0 aromatic rings. The van der Waals surface area contributed by atoms with Crippen molar-refractivity contribution in [2.24, 2.45) is 5.73 Å². The second-order valence-corrected chi connectivity index (χ2v) is 1.85. The fraction of sp³-hybridized carbons (Fsp3) is 0.833. The number of hydrogen-bond donors (Lipinski definition) is 1. The van der Waals surface area contributed by atoms with Crippen LogP contribution in [0.5, 0.6) is 0 Å². The van der Waals surface area contributed by atoms with Crippen molar-refractivity contribution in [1.82, 2.24) is 4.90 Å². The number of carbonyl (C=O) groups excluding carboxylic acids is 1. The summed E-state index contributed by atoms with van der Waals surface area (Å²) in [6.07, 6.45) is 0.750. The molecule has 0 heterocycles. The Morgan fingerprint density at radius 1 is 1.60 bits per heavy atom. The van der Waals surface area contributed by atoms with Gasteiger partial charge in [0.2, 0.25) is 6.41 Å². The molecule has 0 unspecified atom stereocenters. The maximum Gasteiger partial charge on any atom is 0.209 e. The number of carbonyl (C=O) groups is 1. The van der Waals surface area contributed by atoms with Crippen molar-refractivity contribution < 1.29 is 9.53 Å². The van der Waals surface area contributed by atoms with Gasteiger partial charge in [-0.1, -0.05) is 0 Å². The number of nitrogens with zero attached hydrogens (tertiary/aromatic N) is 1. The summed E-state index contributed by atoms with van der Waals surface area (Å²) in [4.78, 5) is 10.9. The number of amides is 1. The lowest BCUT2D eigenvalue weighted by Crippen LogP contribution is -2.06. The van der Waals surface area contributed by atoms with Gasteiger partial charge in [0.25, 0.3) is 0 Å². The van der Waals surface area contributed by atoms with Crippen LogP contribution in [-0.4, -0.2) is 45.7 Å². The zero-order valence-electron chi connectivity index (χ0n) is 6.83. The van der Waals surface area contributed by atoms with Crippen LogP contribution in [-0.2, 0) is 9.53 Å². The molecule has 0 radical (unpaired) electrons. The molecule has 0 aliphatic heterocycles. The van der Waals surface area contributed by atoms with Crippen LogP contribution in [0, 0.1) is 0 Å². The van der Waals surface area contributed by atoms with Gasteiger partial charge >= 0.3 is 0 Å². The highest BCUT2D eigenvalue weighted by atomic mass is 16.5. The number of hydrogen-bond acceptors (Lipinski definition) is 3. The van der Waals surface area contributed by atoms with Crippen molar-refractivity contribution in [1.29, 1.82) is 0 Å². The fourth-order valence-electron chi connectivity index (χ4n) is 0.118. The molecule has 62 valence electrons. The van der Waals surface area contributed by atoms with Crippen molar-refractivity contribution in [3.8, 4) is 0 Å². The van der Waals surface area contributed by atoms with E-state index in [9.17, 15) is 4.79 Å². The molecule has 0 aliphatic rings. The summed E-state index contributed by atoms with van der Waals surface area (Å²) >= 11 is 0. The van der Waals surface area contributed by atoms with Gasteiger partial charge in [-0.2, -0.15) is 0 Å². The molecule has 0 bridgehead atoms. The molecular weight excluding hydrogens is 132 g/mol. The minimum Gasteiger partial charge on any atom is -0.383 e. The Morgan fingerprint density at radius 2 is 2.00 bits per heavy atom. The molecule has 0 spiro atoms. The minimum absolute atomic E-state index is 0.622. The van der Waals surface area contributed by atoms with Crippen molar-refractivity contribution in [3.63, 3.8) is 0 Å². The van der Waals surface area contributed by atoms with Crippen molar-refractivity contribution in [2.45, 2.75) is 0 Å². The zero-order chi connectivity index (χ0) is 8.41. The molecular formula is C6H16N2O2. The Labute approximate surface area is 61.9 Å². The number of ether oxygens (including phenoxy) is 1. The summed E-state index contributed by atoms with van der Waals surface area (Å²) < 4.78 is 4.57. The zero-order valence-corrected chi connectivity index (χ0v) is 6.83. The maximum absolute atomic E-state index is 9.43. The third-order valence-corrected chi connectivity index (χ3v) is 0.533. The van der Waals surface area contributed by atoms with E-state index in [0.29, 0.717) is 13.2 Å². The molecule has 4 heteroatoms. The Hall–Kier alpha value is -0.610. The van der Waals surface area contributed by atoms with Crippen LogP contribution in [0.25, 0.3) is 0 Å². The van der Waals surface area contributed by atoms with Gasteiger partial charge in [0, 0.05) is 27.7 Å². The SMILES string of the molecule is CN(C)C=O.COCCN. The van der Waals surface area contributed by atoms with Gasteiger partial charge in [0.1, 0.15) is 0 Å². The van der Waals surface area contributed by atoms with E-state index in [2.05, 4.69) is 4.74 Å². The Balaban J connectivity index is 0. The van der Waals surface area contributed by atoms with E-state index in [-0.39, 0.29) is 0 Å². The summed E-state index contributed by atoms with van der Waals surface area (Å²) in [5.74, 6) is 0. The molecule has 0 fully saturated rings. The van der Waals surface area contributed by atoms with Crippen LogP contribution in [0.15, 0.2) is 0 Å². The van der Waals surface area contributed by atoms with Gasteiger partial charge in [-0.3, -0.25) is 4.79 Å². The molecule has 2 N–H and O–H groups in total.